The van der Waals surface area contributed by atoms with E-state index in [4.69, 9.17) is 16.7 Å². The van der Waals surface area contributed by atoms with E-state index in [1.165, 1.54) is 11.6 Å². The minimum atomic E-state index is -1.01. The summed E-state index contributed by atoms with van der Waals surface area (Å²) in [7, 11) is 0. The molecule has 0 fully saturated rings. The number of aromatic nitrogens is 2. The van der Waals surface area contributed by atoms with Crippen LogP contribution in [0.5, 0.6) is 0 Å². The number of hydrogen-bond donors (Lipinski definition) is 1. The lowest BCUT2D eigenvalue weighted by atomic mass is 10.1. The number of hydrogen-bond acceptors (Lipinski definition) is 2. The second kappa shape index (κ2) is 6.14. The van der Waals surface area contributed by atoms with Crippen molar-refractivity contribution in [3.63, 3.8) is 0 Å². The van der Waals surface area contributed by atoms with Gasteiger partial charge in [-0.05, 0) is 44.0 Å². The summed E-state index contributed by atoms with van der Waals surface area (Å²) in [5, 5.41) is 13.9. The maximum atomic E-state index is 10.8. The van der Waals surface area contributed by atoms with Crippen molar-refractivity contribution in [1.82, 2.24) is 9.78 Å². The zero-order valence-electron chi connectivity index (χ0n) is 12.2. The molecule has 0 aliphatic carbocycles. The largest absolute Gasteiger partial charge is 0.478 e. The summed E-state index contributed by atoms with van der Waals surface area (Å²) in [6.07, 6.45) is 3.48. The zero-order valence-corrected chi connectivity index (χ0v) is 13.0. The van der Waals surface area contributed by atoms with Crippen LogP contribution in [-0.2, 0) is 11.2 Å². The van der Waals surface area contributed by atoms with Gasteiger partial charge < -0.3 is 5.11 Å². The van der Waals surface area contributed by atoms with Gasteiger partial charge in [0.2, 0.25) is 0 Å². The molecular weight excluding hydrogens is 288 g/mol. The molecule has 2 rings (SSSR count). The second-order valence-corrected chi connectivity index (χ2v) is 5.17. The van der Waals surface area contributed by atoms with Gasteiger partial charge in [-0.15, -0.1) is 0 Å². The molecule has 4 nitrogen and oxygen atoms in total. The Labute approximate surface area is 128 Å². The van der Waals surface area contributed by atoms with Crippen molar-refractivity contribution in [3.05, 3.63) is 51.8 Å². The quantitative estimate of drug-likeness (QED) is 0.874. The molecule has 0 spiro atoms. The molecule has 0 radical (unpaired) electrons. The van der Waals surface area contributed by atoms with Crippen molar-refractivity contribution in [1.29, 1.82) is 0 Å². The van der Waals surface area contributed by atoms with E-state index in [9.17, 15) is 4.79 Å². The van der Waals surface area contributed by atoms with Crippen molar-refractivity contribution in [2.24, 2.45) is 0 Å². The van der Waals surface area contributed by atoms with E-state index in [0.29, 0.717) is 10.6 Å². The lowest BCUT2D eigenvalue weighted by molar-refractivity contribution is -0.131. The van der Waals surface area contributed by atoms with Crippen LogP contribution in [0.25, 0.3) is 11.8 Å². The van der Waals surface area contributed by atoms with E-state index in [2.05, 4.69) is 12.0 Å². The average Bonchev–Trinajstić information content (AvgIpc) is 2.71. The topological polar surface area (TPSA) is 55.1 Å². The first-order chi connectivity index (χ1) is 9.95. The number of aliphatic carboxylic acids is 1. The molecule has 1 heterocycles. The van der Waals surface area contributed by atoms with Crippen LogP contribution in [0.4, 0.5) is 0 Å². The van der Waals surface area contributed by atoms with E-state index in [1.54, 1.807) is 6.07 Å². The van der Waals surface area contributed by atoms with Gasteiger partial charge in [0.05, 0.1) is 11.4 Å². The van der Waals surface area contributed by atoms with Crippen molar-refractivity contribution < 1.29 is 9.90 Å². The van der Waals surface area contributed by atoms with Crippen LogP contribution in [0.1, 0.15) is 29.4 Å². The Morgan fingerprint density at radius 2 is 2.14 bits per heavy atom. The molecule has 1 aromatic heterocycles. The highest BCUT2D eigenvalue weighted by Crippen LogP contribution is 2.27. The summed E-state index contributed by atoms with van der Waals surface area (Å²) < 4.78 is 1.82. The first-order valence-electron chi connectivity index (χ1n) is 6.70. The zero-order chi connectivity index (χ0) is 15.6. The van der Waals surface area contributed by atoms with Crippen LogP contribution in [0.2, 0.25) is 5.02 Å². The number of nitrogens with zero attached hydrogens (tertiary/aromatic N) is 2. The minimum Gasteiger partial charge on any atom is -0.478 e. The molecule has 0 aliphatic rings. The summed E-state index contributed by atoms with van der Waals surface area (Å²) in [6.45, 7) is 6.06. The number of benzene rings is 1. The lowest BCUT2D eigenvalue weighted by Gasteiger charge is -2.10. The van der Waals surface area contributed by atoms with Crippen molar-refractivity contribution >= 4 is 23.6 Å². The fraction of sp³-hybridized carbons (Fsp3) is 0.250. The Morgan fingerprint density at radius 3 is 2.71 bits per heavy atom. The minimum absolute atomic E-state index is 0.496. The summed E-state index contributed by atoms with van der Waals surface area (Å²) >= 11 is 6.21. The van der Waals surface area contributed by atoms with E-state index >= 15 is 0 Å². The normalized spacial score (nSPS) is 11.2. The molecule has 5 heteroatoms. The van der Waals surface area contributed by atoms with Crippen molar-refractivity contribution in [2.75, 3.05) is 0 Å². The van der Waals surface area contributed by atoms with Gasteiger partial charge in [-0.2, -0.15) is 5.10 Å². The third-order valence-corrected chi connectivity index (χ3v) is 3.77. The lowest BCUT2D eigenvalue weighted by Crippen LogP contribution is -2.02. The van der Waals surface area contributed by atoms with E-state index in [-0.39, 0.29) is 0 Å². The maximum Gasteiger partial charge on any atom is 0.328 e. The Hall–Kier alpha value is -2.07. The van der Waals surface area contributed by atoms with Gasteiger partial charge in [-0.3, -0.25) is 0 Å². The van der Waals surface area contributed by atoms with Gasteiger partial charge in [-0.1, -0.05) is 24.6 Å². The molecule has 0 saturated carbocycles. The predicted molar refractivity (Wildman–Crippen MR) is 84.1 cm³/mol. The molecule has 110 valence electrons. The standard InChI is InChI=1S/C16H17ClN2O2/c1-4-12-10(2)18-19(11(12)3)15-7-5-6-14(17)13(15)8-9-16(20)21/h5-9H,4H2,1-3H3,(H,20,21)/b9-8+. The van der Waals surface area contributed by atoms with Crippen LogP contribution in [0.15, 0.2) is 24.3 Å². The highest BCUT2D eigenvalue weighted by Gasteiger charge is 2.14. The SMILES string of the molecule is CCc1c(C)nn(-c2cccc(Cl)c2/C=C/C(=O)O)c1C. The van der Waals surface area contributed by atoms with Gasteiger partial charge >= 0.3 is 5.97 Å². The first-order valence-corrected chi connectivity index (χ1v) is 7.08. The molecule has 21 heavy (non-hydrogen) atoms. The van der Waals surface area contributed by atoms with Crippen LogP contribution >= 0.6 is 11.6 Å². The molecule has 2 aromatic rings. The Morgan fingerprint density at radius 1 is 1.43 bits per heavy atom. The third-order valence-electron chi connectivity index (χ3n) is 3.45. The maximum absolute atomic E-state index is 10.8. The van der Waals surface area contributed by atoms with Crippen LogP contribution in [0.3, 0.4) is 0 Å². The predicted octanol–water partition coefficient (Wildman–Crippen LogP) is 3.80. The first kappa shape index (κ1) is 15.3. The Kier molecular flexibility index (Phi) is 4.48. The Balaban J connectivity index is 2.64. The summed E-state index contributed by atoms with van der Waals surface area (Å²) in [5.74, 6) is -1.01. The summed E-state index contributed by atoms with van der Waals surface area (Å²) in [5.41, 5.74) is 4.64. The molecule has 0 unspecified atom stereocenters. The fourth-order valence-electron chi connectivity index (χ4n) is 2.45. The van der Waals surface area contributed by atoms with E-state index in [1.807, 2.05) is 30.7 Å². The third kappa shape index (κ3) is 3.00. The van der Waals surface area contributed by atoms with Gasteiger partial charge in [0.1, 0.15) is 0 Å². The molecule has 1 aromatic carbocycles. The van der Waals surface area contributed by atoms with Gasteiger partial charge in [0, 0.05) is 22.4 Å². The molecular formula is C16H17ClN2O2. The van der Waals surface area contributed by atoms with Gasteiger partial charge in [-0.25, -0.2) is 9.48 Å². The summed E-state index contributed by atoms with van der Waals surface area (Å²) in [4.78, 5) is 10.8. The van der Waals surface area contributed by atoms with Gasteiger partial charge in [0.15, 0.2) is 0 Å². The smallest absolute Gasteiger partial charge is 0.328 e. The highest BCUT2D eigenvalue weighted by molar-refractivity contribution is 6.32. The molecule has 0 aliphatic heterocycles. The Bertz CT molecular complexity index is 717. The van der Waals surface area contributed by atoms with E-state index in [0.717, 1.165) is 29.6 Å². The van der Waals surface area contributed by atoms with Crippen molar-refractivity contribution in [3.8, 4) is 5.69 Å². The number of carboxylic acids is 1. The van der Waals surface area contributed by atoms with Crippen LogP contribution in [-0.4, -0.2) is 20.9 Å². The number of aryl methyl sites for hydroxylation is 1. The van der Waals surface area contributed by atoms with Crippen LogP contribution in [0, 0.1) is 13.8 Å². The average molecular weight is 305 g/mol. The molecule has 0 atom stereocenters. The molecule has 0 bridgehead atoms. The van der Waals surface area contributed by atoms with Gasteiger partial charge in [0.25, 0.3) is 0 Å². The highest BCUT2D eigenvalue weighted by atomic mass is 35.5. The number of rotatable bonds is 4. The number of carbonyl (C=O) groups is 1. The number of carboxylic acid groups (broad SMARTS) is 1. The van der Waals surface area contributed by atoms with Crippen molar-refractivity contribution in [2.45, 2.75) is 27.2 Å². The summed E-state index contributed by atoms with van der Waals surface area (Å²) in [6, 6.07) is 5.45. The van der Waals surface area contributed by atoms with E-state index < -0.39 is 5.97 Å². The number of halogens is 1. The molecule has 0 amide bonds. The molecule has 1 N–H and O–H groups in total. The fourth-order valence-corrected chi connectivity index (χ4v) is 2.68. The van der Waals surface area contributed by atoms with Crippen LogP contribution < -0.4 is 0 Å². The monoisotopic (exact) mass is 304 g/mol. The molecule has 0 saturated heterocycles. The second-order valence-electron chi connectivity index (χ2n) is 4.76.